The van der Waals surface area contributed by atoms with Crippen LogP contribution in [0.4, 0.5) is 0 Å². The normalized spacial score (nSPS) is 27.1. The van der Waals surface area contributed by atoms with Gasteiger partial charge in [0.15, 0.2) is 0 Å². The number of hydrogen-bond acceptors (Lipinski definition) is 4. The van der Waals surface area contributed by atoms with E-state index in [4.69, 9.17) is 5.11 Å². The van der Waals surface area contributed by atoms with E-state index in [-0.39, 0.29) is 0 Å². The third-order valence-electron chi connectivity index (χ3n) is 1.77. The topological polar surface area (TPSA) is 73.7 Å². The largest absolute Gasteiger partial charge is 0.480 e. The highest BCUT2D eigenvalue weighted by atomic mass is 16.4. The fourth-order valence-electron chi connectivity index (χ4n) is 1.21. The second-order valence-corrected chi connectivity index (χ2v) is 2.45. The molecule has 2 aliphatic rings. The molecule has 0 saturated carbocycles. The fourth-order valence-corrected chi connectivity index (χ4v) is 1.21. The van der Waals surface area contributed by atoms with Crippen LogP contribution >= 0.6 is 0 Å². The molecule has 58 valence electrons. The van der Waals surface area contributed by atoms with Gasteiger partial charge in [-0.1, -0.05) is 0 Å². The van der Waals surface area contributed by atoms with Crippen LogP contribution in [-0.2, 0) is 4.79 Å². The molecule has 2 heterocycles. The van der Waals surface area contributed by atoms with Gasteiger partial charge in [-0.3, -0.25) is 9.79 Å². The minimum Gasteiger partial charge on any atom is -0.480 e. The molecule has 0 aromatic carbocycles. The number of nitrogens with zero attached hydrogens (tertiary/aromatic N) is 1. The second-order valence-electron chi connectivity index (χ2n) is 2.45. The Bertz CT molecular complexity index is 269. The van der Waals surface area contributed by atoms with Crippen molar-refractivity contribution in [3.8, 4) is 0 Å². The van der Waals surface area contributed by atoms with Crippen molar-refractivity contribution in [2.45, 2.75) is 6.04 Å². The maximum Gasteiger partial charge on any atom is 0.326 e. The molecule has 5 nitrogen and oxygen atoms in total. The zero-order chi connectivity index (χ0) is 7.84. The van der Waals surface area contributed by atoms with E-state index in [0.29, 0.717) is 6.54 Å². The van der Waals surface area contributed by atoms with E-state index >= 15 is 0 Å². The molecule has 3 N–H and O–H groups in total. The van der Waals surface area contributed by atoms with Crippen molar-refractivity contribution in [2.24, 2.45) is 4.99 Å². The first kappa shape index (κ1) is 6.36. The van der Waals surface area contributed by atoms with Gasteiger partial charge in [-0.25, -0.2) is 5.43 Å². The molecule has 0 saturated heterocycles. The predicted molar refractivity (Wildman–Crippen MR) is 38.1 cm³/mol. The smallest absolute Gasteiger partial charge is 0.326 e. The van der Waals surface area contributed by atoms with E-state index in [9.17, 15) is 4.79 Å². The monoisotopic (exact) mass is 153 g/mol. The fraction of sp³-hybridized carbons (Fsp3) is 0.333. The zero-order valence-corrected chi connectivity index (χ0v) is 5.66. The van der Waals surface area contributed by atoms with Gasteiger partial charge in [0.05, 0.1) is 12.2 Å². The summed E-state index contributed by atoms with van der Waals surface area (Å²) in [4.78, 5) is 14.5. The van der Waals surface area contributed by atoms with Gasteiger partial charge in [0, 0.05) is 11.8 Å². The molecule has 11 heavy (non-hydrogen) atoms. The molecule has 0 aromatic rings. The Morgan fingerprint density at radius 1 is 1.82 bits per heavy atom. The van der Waals surface area contributed by atoms with Crippen LogP contribution in [0.15, 0.2) is 16.3 Å². The quantitative estimate of drug-likeness (QED) is 0.446. The van der Waals surface area contributed by atoms with Gasteiger partial charge in [-0.2, -0.15) is 0 Å². The summed E-state index contributed by atoms with van der Waals surface area (Å²) < 4.78 is 0. The van der Waals surface area contributed by atoms with Gasteiger partial charge < -0.3 is 10.5 Å². The maximum absolute atomic E-state index is 10.6. The number of carbonyl (C=O) groups is 1. The Balaban J connectivity index is 2.25. The molecular formula is C6H7N3O2. The number of hydrogen-bond donors (Lipinski definition) is 3. The highest BCUT2D eigenvalue weighted by molar-refractivity contribution is 5.88. The number of carboxylic acids is 1. The van der Waals surface area contributed by atoms with Crippen molar-refractivity contribution in [1.29, 1.82) is 0 Å². The van der Waals surface area contributed by atoms with E-state index < -0.39 is 12.0 Å². The number of rotatable bonds is 1. The lowest BCUT2D eigenvalue weighted by atomic mass is 10.1. The van der Waals surface area contributed by atoms with Crippen molar-refractivity contribution in [3.63, 3.8) is 0 Å². The third-order valence-corrected chi connectivity index (χ3v) is 1.77. The lowest BCUT2D eigenvalue weighted by Gasteiger charge is -2.05. The van der Waals surface area contributed by atoms with Gasteiger partial charge in [0.1, 0.15) is 6.04 Å². The SMILES string of the molecule is O=C(O)C1NNC2=C1CN=C2. The van der Waals surface area contributed by atoms with Crippen LogP contribution in [0.1, 0.15) is 0 Å². The van der Waals surface area contributed by atoms with Crippen LogP contribution in [-0.4, -0.2) is 29.9 Å². The first-order valence-electron chi connectivity index (χ1n) is 3.26. The van der Waals surface area contributed by atoms with Gasteiger partial charge >= 0.3 is 5.97 Å². The van der Waals surface area contributed by atoms with Crippen LogP contribution in [0.25, 0.3) is 0 Å². The Morgan fingerprint density at radius 2 is 2.64 bits per heavy atom. The van der Waals surface area contributed by atoms with Crippen LogP contribution in [0.5, 0.6) is 0 Å². The maximum atomic E-state index is 10.6. The van der Waals surface area contributed by atoms with Crippen LogP contribution in [0.3, 0.4) is 0 Å². The van der Waals surface area contributed by atoms with E-state index in [0.717, 1.165) is 11.3 Å². The van der Waals surface area contributed by atoms with Crippen molar-refractivity contribution in [1.82, 2.24) is 10.9 Å². The summed E-state index contributed by atoms with van der Waals surface area (Å²) in [6.07, 6.45) is 1.64. The Kier molecular flexibility index (Phi) is 1.19. The molecule has 0 radical (unpaired) electrons. The molecule has 0 fully saturated rings. The summed E-state index contributed by atoms with van der Waals surface area (Å²) in [6.45, 7) is 0.492. The minimum atomic E-state index is -0.868. The summed E-state index contributed by atoms with van der Waals surface area (Å²) in [7, 11) is 0. The van der Waals surface area contributed by atoms with Gasteiger partial charge in [-0.15, -0.1) is 0 Å². The Labute approximate surface area is 62.8 Å². The number of aliphatic carboxylic acids is 1. The summed E-state index contributed by atoms with van der Waals surface area (Å²) in [5.74, 6) is -0.868. The summed E-state index contributed by atoms with van der Waals surface area (Å²) in [6, 6.07) is -0.604. The molecule has 1 atom stereocenters. The van der Waals surface area contributed by atoms with Gasteiger partial charge in [-0.05, 0) is 0 Å². The number of hydrazine groups is 1. The second kappa shape index (κ2) is 2.06. The Hall–Kier alpha value is -1.36. The van der Waals surface area contributed by atoms with Crippen LogP contribution < -0.4 is 10.9 Å². The molecule has 2 rings (SSSR count). The van der Waals surface area contributed by atoms with Crippen molar-refractivity contribution < 1.29 is 9.90 Å². The molecule has 0 aromatic heterocycles. The summed E-state index contributed by atoms with van der Waals surface area (Å²) in [5.41, 5.74) is 7.01. The molecular weight excluding hydrogens is 146 g/mol. The minimum absolute atomic E-state index is 0.492. The number of carboxylic acid groups (broad SMARTS) is 1. The zero-order valence-electron chi connectivity index (χ0n) is 5.66. The molecule has 1 unspecified atom stereocenters. The van der Waals surface area contributed by atoms with E-state index in [1.807, 2.05) is 0 Å². The third kappa shape index (κ3) is 0.813. The average Bonchev–Trinajstić information content (AvgIpc) is 2.41. The molecule has 0 aliphatic carbocycles. The van der Waals surface area contributed by atoms with Crippen molar-refractivity contribution in [3.05, 3.63) is 11.3 Å². The highest BCUT2D eigenvalue weighted by Gasteiger charge is 2.31. The summed E-state index contributed by atoms with van der Waals surface area (Å²) >= 11 is 0. The standard InChI is InChI=1S/C6H7N3O2/c10-6(11)5-3-1-7-2-4(3)8-9-5/h2,5,8-9H,1H2,(H,10,11). The van der Waals surface area contributed by atoms with Gasteiger partial charge in [0.2, 0.25) is 0 Å². The van der Waals surface area contributed by atoms with Crippen LogP contribution in [0.2, 0.25) is 0 Å². The molecule has 2 aliphatic heterocycles. The average molecular weight is 153 g/mol. The first-order chi connectivity index (χ1) is 5.29. The van der Waals surface area contributed by atoms with E-state index in [1.165, 1.54) is 0 Å². The van der Waals surface area contributed by atoms with Crippen molar-refractivity contribution >= 4 is 12.2 Å². The number of aliphatic imine (C=N–C) groups is 1. The molecule has 0 bridgehead atoms. The van der Waals surface area contributed by atoms with E-state index in [1.54, 1.807) is 6.21 Å². The number of nitrogens with one attached hydrogen (secondary N) is 2. The van der Waals surface area contributed by atoms with E-state index in [2.05, 4.69) is 15.8 Å². The summed E-state index contributed by atoms with van der Waals surface area (Å²) in [5, 5.41) is 8.67. The van der Waals surface area contributed by atoms with Gasteiger partial charge in [0.25, 0.3) is 0 Å². The number of allylic oxidation sites excluding steroid dienone is 1. The highest BCUT2D eigenvalue weighted by Crippen LogP contribution is 2.16. The molecule has 5 heteroatoms. The Morgan fingerprint density at radius 3 is 3.36 bits per heavy atom. The molecule has 0 amide bonds. The lowest BCUT2D eigenvalue weighted by Crippen LogP contribution is -2.39. The predicted octanol–water partition coefficient (Wildman–Crippen LogP) is -1.11. The lowest BCUT2D eigenvalue weighted by molar-refractivity contribution is -0.138. The van der Waals surface area contributed by atoms with Crippen molar-refractivity contribution in [2.75, 3.05) is 6.54 Å². The first-order valence-corrected chi connectivity index (χ1v) is 3.26. The molecule has 0 spiro atoms. The van der Waals surface area contributed by atoms with Crippen LogP contribution in [0, 0.1) is 0 Å².